The fraction of sp³-hybridized carbons (Fsp3) is 0.905. The van der Waals surface area contributed by atoms with E-state index in [0.717, 1.165) is 12.8 Å². The third-order valence-corrected chi connectivity index (χ3v) is 4.96. The van der Waals surface area contributed by atoms with Gasteiger partial charge in [0.25, 0.3) is 0 Å². The van der Waals surface area contributed by atoms with Gasteiger partial charge in [0, 0.05) is 0 Å². The zero-order chi connectivity index (χ0) is 19.0. The molecule has 154 valence electrons. The summed E-state index contributed by atoms with van der Waals surface area (Å²) in [4.78, 5) is 0. The van der Waals surface area contributed by atoms with E-state index in [0.29, 0.717) is 6.61 Å². The molecule has 1 heterocycles. The molecule has 0 radical (unpaired) electrons. The summed E-state index contributed by atoms with van der Waals surface area (Å²) in [6.07, 6.45) is 15.4. The van der Waals surface area contributed by atoms with E-state index < -0.39 is 31.0 Å². The minimum Gasteiger partial charge on any atom is -0.394 e. The molecule has 0 aliphatic carbocycles. The summed E-state index contributed by atoms with van der Waals surface area (Å²) >= 11 is 0. The minimum absolute atomic E-state index is 0.140. The van der Waals surface area contributed by atoms with Crippen LogP contribution in [0.2, 0.25) is 0 Å². The van der Waals surface area contributed by atoms with Crippen molar-refractivity contribution in [2.45, 2.75) is 102 Å². The number of hydrogen-bond donors (Lipinski definition) is 3. The Balaban J connectivity index is 1.96. The standard InChI is InChI=1S/C21H40O5/c1-2-3-4-5-6-7-8-9-10-11-12-13-14-15-25-21-19(24)17-26-20(21)18(23)16-22/h12-13,18-24H,2-11,14-17H2,1H3/b13-12+/t18-,19+,20+,21+/m0/s1. The highest BCUT2D eigenvalue weighted by Crippen LogP contribution is 2.21. The molecule has 5 nitrogen and oxygen atoms in total. The van der Waals surface area contributed by atoms with Crippen LogP contribution in [0.1, 0.15) is 77.6 Å². The van der Waals surface area contributed by atoms with Gasteiger partial charge in [-0.05, 0) is 19.3 Å². The predicted octanol–water partition coefficient (Wildman–Crippen LogP) is 3.35. The van der Waals surface area contributed by atoms with Crippen molar-refractivity contribution in [1.29, 1.82) is 0 Å². The van der Waals surface area contributed by atoms with Crippen LogP contribution in [-0.2, 0) is 9.47 Å². The lowest BCUT2D eigenvalue weighted by molar-refractivity contribution is -0.0924. The maximum atomic E-state index is 9.85. The van der Waals surface area contributed by atoms with Crippen LogP contribution in [-0.4, -0.2) is 59.6 Å². The van der Waals surface area contributed by atoms with Gasteiger partial charge in [-0.2, -0.15) is 0 Å². The molecule has 3 N–H and O–H groups in total. The normalized spacial score (nSPS) is 24.5. The number of aliphatic hydroxyl groups is 3. The number of aliphatic hydroxyl groups excluding tert-OH is 3. The Hall–Kier alpha value is -0.460. The molecular weight excluding hydrogens is 332 g/mol. The Morgan fingerprint density at radius 1 is 1.00 bits per heavy atom. The van der Waals surface area contributed by atoms with E-state index in [4.69, 9.17) is 14.6 Å². The van der Waals surface area contributed by atoms with Gasteiger partial charge in [0.2, 0.25) is 0 Å². The molecule has 0 spiro atoms. The van der Waals surface area contributed by atoms with Crippen LogP contribution in [0.5, 0.6) is 0 Å². The largest absolute Gasteiger partial charge is 0.394 e. The van der Waals surface area contributed by atoms with E-state index in [9.17, 15) is 10.2 Å². The van der Waals surface area contributed by atoms with Crippen LogP contribution >= 0.6 is 0 Å². The number of ether oxygens (including phenoxy) is 2. The third-order valence-electron chi connectivity index (χ3n) is 4.96. The van der Waals surface area contributed by atoms with Crippen LogP contribution in [0.15, 0.2) is 12.2 Å². The smallest absolute Gasteiger partial charge is 0.114 e. The van der Waals surface area contributed by atoms with Crippen LogP contribution in [0.25, 0.3) is 0 Å². The van der Waals surface area contributed by atoms with Gasteiger partial charge in [-0.3, -0.25) is 0 Å². The van der Waals surface area contributed by atoms with Crippen molar-refractivity contribution >= 4 is 0 Å². The summed E-state index contributed by atoms with van der Waals surface area (Å²) in [6.45, 7) is 2.48. The lowest BCUT2D eigenvalue weighted by Gasteiger charge is -2.23. The molecule has 0 aromatic heterocycles. The average molecular weight is 373 g/mol. The number of allylic oxidation sites excluding steroid dienone is 1. The molecule has 1 aliphatic heterocycles. The Kier molecular flexibility index (Phi) is 14.1. The monoisotopic (exact) mass is 372 g/mol. The molecule has 0 amide bonds. The molecule has 0 saturated carbocycles. The molecular formula is C21H40O5. The summed E-state index contributed by atoms with van der Waals surface area (Å²) < 4.78 is 11.0. The quantitative estimate of drug-likeness (QED) is 0.286. The molecule has 0 bridgehead atoms. The zero-order valence-electron chi connectivity index (χ0n) is 16.5. The van der Waals surface area contributed by atoms with Crippen molar-refractivity contribution in [3.63, 3.8) is 0 Å². The van der Waals surface area contributed by atoms with Crippen molar-refractivity contribution in [2.75, 3.05) is 19.8 Å². The zero-order valence-corrected chi connectivity index (χ0v) is 16.5. The topological polar surface area (TPSA) is 79.2 Å². The number of unbranched alkanes of at least 4 members (excludes halogenated alkanes) is 9. The van der Waals surface area contributed by atoms with Gasteiger partial charge in [0.1, 0.15) is 24.4 Å². The number of hydrogen-bond acceptors (Lipinski definition) is 5. The van der Waals surface area contributed by atoms with E-state index >= 15 is 0 Å². The summed E-state index contributed by atoms with van der Waals surface area (Å²) in [6, 6.07) is 0. The summed E-state index contributed by atoms with van der Waals surface area (Å²) in [5, 5.41) is 28.5. The lowest BCUT2D eigenvalue weighted by Crippen LogP contribution is -2.42. The van der Waals surface area contributed by atoms with Crippen LogP contribution in [0, 0.1) is 0 Å². The van der Waals surface area contributed by atoms with Gasteiger partial charge in [0.15, 0.2) is 0 Å². The number of rotatable bonds is 16. The maximum absolute atomic E-state index is 9.85. The maximum Gasteiger partial charge on any atom is 0.114 e. The summed E-state index contributed by atoms with van der Waals surface area (Å²) in [5.41, 5.74) is 0. The van der Waals surface area contributed by atoms with E-state index in [1.54, 1.807) is 0 Å². The average Bonchev–Trinajstić information content (AvgIpc) is 3.02. The van der Waals surface area contributed by atoms with Crippen LogP contribution in [0.4, 0.5) is 0 Å². The van der Waals surface area contributed by atoms with E-state index in [1.165, 1.54) is 57.8 Å². The van der Waals surface area contributed by atoms with E-state index in [1.807, 2.05) is 0 Å². The first-order valence-corrected chi connectivity index (χ1v) is 10.6. The molecule has 0 aromatic carbocycles. The predicted molar refractivity (Wildman–Crippen MR) is 104 cm³/mol. The molecule has 1 saturated heterocycles. The Morgan fingerprint density at radius 3 is 2.27 bits per heavy atom. The first kappa shape index (κ1) is 23.6. The lowest BCUT2D eigenvalue weighted by atomic mass is 10.1. The molecule has 0 unspecified atom stereocenters. The highest BCUT2D eigenvalue weighted by molar-refractivity contribution is 4.89. The Morgan fingerprint density at radius 2 is 1.62 bits per heavy atom. The van der Waals surface area contributed by atoms with Gasteiger partial charge < -0.3 is 24.8 Å². The molecule has 1 fully saturated rings. The van der Waals surface area contributed by atoms with Gasteiger partial charge >= 0.3 is 0 Å². The van der Waals surface area contributed by atoms with Gasteiger partial charge in [-0.1, -0.05) is 70.4 Å². The Bertz CT molecular complexity index is 347. The van der Waals surface area contributed by atoms with Crippen molar-refractivity contribution in [1.82, 2.24) is 0 Å². The SMILES string of the molecule is CCCCCCCCCCC/C=C/CCO[C@H]1[C@@H]([C@@H](O)CO)OC[C@H]1O. The minimum atomic E-state index is -1.01. The molecule has 1 aliphatic rings. The van der Waals surface area contributed by atoms with E-state index in [2.05, 4.69) is 19.1 Å². The van der Waals surface area contributed by atoms with Crippen LogP contribution in [0.3, 0.4) is 0 Å². The fourth-order valence-electron chi connectivity index (χ4n) is 3.34. The van der Waals surface area contributed by atoms with Crippen molar-refractivity contribution in [3.8, 4) is 0 Å². The second-order valence-electron chi connectivity index (χ2n) is 7.33. The molecule has 4 atom stereocenters. The van der Waals surface area contributed by atoms with Crippen LogP contribution < -0.4 is 0 Å². The van der Waals surface area contributed by atoms with Crippen molar-refractivity contribution in [2.24, 2.45) is 0 Å². The third kappa shape index (κ3) is 10.0. The van der Waals surface area contributed by atoms with Gasteiger partial charge in [0.05, 0.1) is 19.8 Å². The second kappa shape index (κ2) is 15.6. The molecule has 26 heavy (non-hydrogen) atoms. The summed E-state index contributed by atoms with van der Waals surface area (Å²) in [7, 11) is 0. The molecule has 0 aromatic rings. The highest BCUT2D eigenvalue weighted by atomic mass is 16.6. The molecule has 5 heteroatoms. The first-order valence-electron chi connectivity index (χ1n) is 10.6. The Labute approximate surface area is 159 Å². The van der Waals surface area contributed by atoms with Crippen molar-refractivity contribution in [3.05, 3.63) is 12.2 Å². The second-order valence-corrected chi connectivity index (χ2v) is 7.33. The highest BCUT2D eigenvalue weighted by Gasteiger charge is 2.40. The summed E-state index contributed by atoms with van der Waals surface area (Å²) in [5.74, 6) is 0. The van der Waals surface area contributed by atoms with Crippen molar-refractivity contribution < 1.29 is 24.8 Å². The first-order chi connectivity index (χ1) is 12.7. The fourth-order valence-corrected chi connectivity index (χ4v) is 3.34. The van der Waals surface area contributed by atoms with E-state index in [-0.39, 0.29) is 6.61 Å². The van der Waals surface area contributed by atoms with Gasteiger partial charge in [-0.25, -0.2) is 0 Å². The van der Waals surface area contributed by atoms with Gasteiger partial charge in [-0.15, -0.1) is 0 Å². The molecule has 1 rings (SSSR count).